The van der Waals surface area contributed by atoms with Crippen LogP contribution in [0.4, 0.5) is 0 Å². The van der Waals surface area contributed by atoms with Crippen LogP contribution in [0.3, 0.4) is 0 Å². The third-order valence-corrected chi connectivity index (χ3v) is 6.53. The van der Waals surface area contributed by atoms with Crippen LogP contribution in [0.25, 0.3) is 16.6 Å². The number of amides is 1. The summed E-state index contributed by atoms with van der Waals surface area (Å²) in [5.74, 6) is 0.315. The minimum absolute atomic E-state index is 0.0790. The Morgan fingerprint density at radius 1 is 1.17 bits per heavy atom. The number of carbonyl (C=O) groups is 1. The number of nitrogens with zero attached hydrogens (tertiary/aromatic N) is 3. The van der Waals surface area contributed by atoms with Gasteiger partial charge in [0.2, 0.25) is 5.91 Å². The molecule has 5 nitrogen and oxygen atoms in total. The second-order valence-corrected chi connectivity index (χ2v) is 8.57. The van der Waals surface area contributed by atoms with Gasteiger partial charge in [0.05, 0.1) is 27.4 Å². The summed E-state index contributed by atoms with van der Waals surface area (Å²) in [6.07, 6.45) is 3.24. The van der Waals surface area contributed by atoms with E-state index in [-0.39, 0.29) is 23.3 Å². The molecule has 0 N–H and O–H groups in total. The van der Waals surface area contributed by atoms with Crippen molar-refractivity contribution in [2.75, 3.05) is 12.3 Å². The van der Waals surface area contributed by atoms with E-state index in [4.69, 9.17) is 11.6 Å². The molecule has 0 saturated carbocycles. The van der Waals surface area contributed by atoms with Crippen LogP contribution in [-0.2, 0) is 4.79 Å². The molecule has 1 fully saturated rings. The van der Waals surface area contributed by atoms with Crippen LogP contribution in [0.2, 0.25) is 5.02 Å². The number of fused-ring (bicyclic) bond motifs is 1. The van der Waals surface area contributed by atoms with Gasteiger partial charge >= 0.3 is 0 Å². The molecular formula is C22H22ClN3O2S. The van der Waals surface area contributed by atoms with Crippen LogP contribution in [0.1, 0.15) is 26.2 Å². The van der Waals surface area contributed by atoms with Crippen molar-refractivity contribution in [2.45, 2.75) is 37.4 Å². The van der Waals surface area contributed by atoms with Crippen molar-refractivity contribution < 1.29 is 4.79 Å². The number of halogens is 1. The molecule has 1 aliphatic rings. The summed E-state index contributed by atoms with van der Waals surface area (Å²) < 4.78 is 1.52. The summed E-state index contributed by atoms with van der Waals surface area (Å²) in [6.45, 7) is 2.89. The summed E-state index contributed by atoms with van der Waals surface area (Å²) in [5.41, 5.74) is 0.991. The van der Waals surface area contributed by atoms with Crippen molar-refractivity contribution in [3.05, 3.63) is 63.9 Å². The number of thioether (sulfide) groups is 1. The van der Waals surface area contributed by atoms with Crippen molar-refractivity contribution >= 4 is 40.2 Å². The summed E-state index contributed by atoms with van der Waals surface area (Å²) in [4.78, 5) is 32.7. The van der Waals surface area contributed by atoms with Gasteiger partial charge in [0.1, 0.15) is 0 Å². The van der Waals surface area contributed by atoms with Gasteiger partial charge in [0.15, 0.2) is 5.16 Å². The van der Waals surface area contributed by atoms with Crippen molar-refractivity contribution in [3.8, 4) is 5.69 Å². The smallest absolute Gasteiger partial charge is 0.266 e. The maximum absolute atomic E-state index is 13.3. The molecule has 2 heterocycles. The van der Waals surface area contributed by atoms with Crippen LogP contribution in [-0.4, -0.2) is 38.7 Å². The number of aromatic nitrogens is 2. The van der Waals surface area contributed by atoms with Crippen LogP contribution < -0.4 is 5.56 Å². The maximum Gasteiger partial charge on any atom is 0.266 e. The summed E-state index contributed by atoms with van der Waals surface area (Å²) in [7, 11) is 0. The lowest BCUT2D eigenvalue weighted by Crippen LogP contribution is -2.43. The second-order valence-electron chi connectivity index (χ2n) is 7.22. The zero-order valence-electron chi connectivity index (χ0n) is 16.2. The largest absolute Gasteiger partial charge is 0.339 e. The van der Waals surface area contributed by atoms with E-state index in [2.05, 4.69) is 11.9 Å². The fourth-order valence-corrected chi connectivity index (χ4v) is 4.84. The SMILES string of the molecule is CC1CCCCN1C(=O)CSc1nc2ccccc2c(=O)n1-c1ccccc1Cl. The molecular weight excluding hydrogens is 406 g/mol. The van der Waals surface area contributed by atoms with Gasteiger partial charge in [-0.3, -0.25) is 14.2 Å². The third-order valence-electron chi connectivity index (χ3n) is 5.29. The molecule has 0 aliphatic carbocycles. The first-order valence-electron chi connectivity index (χ1n) is 9.75. The van der Waals surface area contributed by atoms with Gasteiger partial charge < -0.3 is 4.90 Å². The normalized spacial score (nSPS) is 16.9. The predicted octanol–water partition coefficient (Wildman–Crippen LogP) is 4.53. The molecule has 1 saturated heterocycles. The van der Waals surface area contributed by atoms with Crippen LogP contribution in [0.5, 0.6) is 0 Å². The molecule has 0 bridgehead atoms. The number of rotatable bonds is 4. The van der Waals surface area contributed by atoms with E-state index in [9.17, 15) is 9.59 Å². The zero-order valence-corrected chi connectivity index (χ0v) is 17.7. The van der Waals surface area contributed by atoms with Gasteiger partial charge in [0, 0.05) is 12.6 Å². The molecule has 4 rings (SSSR count). The Hall–Kier alpha value is -2.31. The van der Waals surface area contributed by atoms with Crippen molar-refractivity contribution in [3.63, 3.8) is 0 Å². The fraction of sp³-hybridized carbons (Fsp3) is 0.318. The lowest BCUT2D eigenvalue weighted by Gasteiger charge is -2.33. The number of hydrogen-bond acceptors (Lipinski definition) is 4. The second kappa shape index (κ2) is 8.59. The average Bonchev–Trinajstić information content (AvgIpc) is 2.73. The fourth-order valence-electron chi connectivity index (χ4n) is 3.73. The quantitative estimate of drug-likeness (QED) is 0.453. The highest BCUT2D eigenvalue weighted by Gasteiger charge is 2.24. The Kier molecular flexibility index (Phi) is 5.92. The zero-order chi connectivity index (χ0) is 20.4. The average molecular weight is 428 g/mol. The highest BCUT2D eigenvalue weighted by atomic mass is 35.5. The van der Waals surface area contributed by atoms with E-state index in [0.717, 1.165) is 25.8 Å². The molecule has 1 unspecified atom stereocenters. The van der Waals surface area contributed by atoms with E-state index in [1.54, 1.807) is 18.2 Å². The number of carbonyl (C=O) groups excluding carboxylic acids is 1. The van der Waals surface area contributed by atoms with E-state index in [1.807, 2.05) is 35.2 Å². The molecule has 1 aromatic heterocycles. The Bertz CT molecular complexity index is 1110. The molecule has 29 heavy (non-hydrogen) atoms. The third kappa shape index (κ3) is 4.05. The lowest BCUT2D eigenvalue weighted by molar-refractivity contribution is -0.131. The molecule has 1 aliphatic heterocycles. The molecule has 150 valence electrons. The Balaban J connectivity index is 1.73. The van der Waals surface area contributed by atoms with Crippen LogP contribution >= 0.6 is 23.4 Å². The number of hydrogen-bond donors (Lipinski definition) is 0. The Morgan fingerprint density at radius 3 is 2.72 bits per heavy atom. The first-order chi connectivity index (χ1) is 14.1. The molecule has 3 aromatic rings. The number of para-hydroxylation sites is 2. The van der Waals surface area contributed by atoms with Crippen LogP contribution in [0.15, 0.2) is 58.5 Å². The van der Waals surface area contributed by atoms with Gasteiger partial charge in [-0.25, -0.2) is 4.98 Å². The van der Waals surface area contributed by atoms with E-state index in [0.29, 0.717) is 26.8 Å². The molecule has 7 heteroatoms. The standard InChI is InChI=1S/C22H22ClN3O2S/c1-15-8-6-7-13-25(15)20(27)14-29-22-24-18-11-4-2-9-16(18)21(28)26(22)19-12-5-3-10-17(19)23/h2-5,9-12,15H,6-8,13-14H2,1H3. The van der Waals surface area contributed by atoms with E-state index >= 15 is 0 Å². The van der Waals surface area contributed by atoms with Crippen molar-refractivity contribution in [1.82, 2.24) is 14.5 Å². The molecule has 2 aromatic carbocycles. The van der Waals surface area contributed by atoms with Crippen molar-refractivity contribution in [2.24, 2.45) is 0 Å². The maximum atomic E-state index is 13.3. The minimum atomic E-state index is -0.190. The van der Waals surface area contributed by atoms with E-state index < -0.39 is 0 Å². The lowest BCUT2D eigenvalue weighted by atomic mass is 10.0. The predicted molar refractivity (Wildman–Crippen MR) is 118 cm³/mol. The van der Waals surface area contributed by atoms with Crippen molar-refractivity contribution in [1.29, 1.82) is 0 Å². The van der Waals surface area contributed by atoms with Gasteiger partial charge in [-0.05, 0) is 50.5 Å². The highest BCUT2D eigenvalue weighted by molar-refractivity contribution is 7.99. The Morgan fingerprint density at radius 2 is 1.93 bits per heavy atom. The van der Waals surface area contributed by atoms with E-state index in [1.165, 1.54) is 16.3 Å². The summed E-state index contributed by atoms with van der Waals surface area (Å²) >= 11 is 7.67. The summed E-state index contributed by atoms with van der Waals surface area (Å²) in [6, 6.07) is 14.7. The first kappa shape index (κ1) is 20.0. The topological polar surface area (TPSA) is 55.2 Å². The van der Waals surface area contributed by atoms with Gasteiger partial charge in [0.25, 0.3) is 5.56 Å². The minimum Gasteiger partial charge on any atom is -0.339 e. The van der Waals surface area contributed by atoms with Gasteiger partial charge in [-0.1, -0.05) is 47.6 Å². The number of benzene rings is 2. The monoisotopic (exact) mass is 427 g/mol. The number of piperidine rings is 1. The highest BCUT2D eigenvalue weighted by Crippen LogP contribution is 2.26. The van der Waals surface area contributed by atoms with Crippen LogP contribution in [0, 0.1) is 0 Å². The summed E-state index contributed by atoms with van der Waals surface area (Å²) in [5, 5.41) is 1.46. The molecule has 0 radical (unpaired) electrons. The first-order valence-corrected chi connectivity index (χ1v) is 11.1. The number of likely N-dealkylation sites (tertiary alicyclic amines) is 1. The van der Waals surface area contributed by atoms with Gasteiger partial charge in [-0.2, -0.15) is 0 Å². The molecule has 1 atom stereocenters. The van der Waals surface area contributed by atoms with Gasteiger partial charge in [-0.15, -0.1) is 0 Å². The molecule has 1 amide bonds. The molecule has 0 spiro atoms. The Labute approximate surface area is 178 Å².